The van der Waals surface area contributed by atoms with Gasteiger partial charge in [0.25, 0.3) is 5.79 Å². The van der Waals surface area contributed by atoms with E-state index in [4.69, 9.17) is 9.47 Å². The molecular weight excluding hydrogens is 298 g/mol. The number of hydrogen-bond donors (Lipinski definition) is 0. The Hall–Kier alpha value is -2.06. The van der Waals surface area contributed by atoms with Crippen molar-refractivity contribution in [2.75, 3.05) is 0 Å². The molecule has 0 aliphatic carbocycles. The van der Waals surface area contributed by atoms with E-state index in [-0.39, 0.29) is 4.90 Å². The molecule has 0 bridgehead atoms. The maximum atomic E-state index is 11.7. The normalized spacial score (nSPS) is 20.1. The lowest BCUT2D eigenvalue weighted by atomic mass is 10.1. The Labute approximate surface area is 123 Å². The third-order valence-corrected chi connectivity index (χ3v) is 3.26. The number of cyclic esters (lactones) is 2. The average Bonchev–Trinajstić information content (AvgIpc) is 2.36. The van der Waals surface area contributed by atoms with Gasteiger partial charge in [0.05, 0.1) is 5.69 Å². The van der Waals surface area contributed by atoms with E-state index in [0.717, 1.165) is 6.21 Å². The van der Waals surface area contributed by atoms with E-state index >= 15 is 0 Å². The zero-order valence-electron chi connectivity index (χ0n) is 11.3. The van der Waals surface area contributed by atoms with Crippen molar-refractivity contribution in [3.05, 3.63) is 24.3 Å². The lowest BCUT2D eigenvalue weighted by Crippen LogP contribution is -2.46. The van der Waals surface area contributed by atoms with Crippen molar-refractivity contribution >= 4 is 34.9 Å². The highest BCUT2D eigenvalue weighted by Crippen LogP contribution is 2.23. The van der Waals surface area contributed by atoms with Gasteiger partial charge in [0, 0.05) is 25.0 Å². The Bertz CT molecular complexity index is 602. The number of esters is 2. The molecule has 7 nitrogen and oxygen atoms in total. The first kappa shape index (κ1) is 15.3. The van der Waals surface area contributed by atoms with Crippen LogP contribution in [0.3, 0.4) is 0 Å². The fourth-order valence-corrected chi connectivity index (χ4v) is 2.01. The molecule has 1 aliphatic heterocycles. The highest BCUT2D eigenvalue weighted by atomic mass is 32.2. The number of carbonyl (C=O) groups is 2. The molecule has 1 atom stereocenters. The summed E-state index contributed by atoms with van der Waals surface area (Å²) < 4.78 is 31.3. The zero-order chi connectivity index (χ0) is 15.6. The van der Waals surface area contributed by atoms with Crippen molar-refractivity contribution in [1.82, 2.24) is 0 Å². The van der Waals surface area contributed by atoms with Crippen LogP contribution in [0.15, 0.2) is 34.2 Å². The first-order chi connectivity index (χ1) is 9.78. The van der Waals surface area contributed by atoms with Crippen LogP contribution in [0.2, 0.25) is 0 Å². The van der Waals surface area contributed by atoms with E-state index in [1.165, 1.54) is 38.1 Å². The van der Waals surface area contributed by atoms with Crippen LogP contribution in [-0.2, 0) is 30.1 Å². The molecule has 2 rings (SSSR count). The molecule has 1 unspecified atom stereocenters. The Morgan fingerprint density at radius 2 is 1.71 bits per heavy atom. The minimum Gasteiger partial charge on any atom is -0.768 e. The SMILES string of the molecule is CC1(C)OC(=O)C(C=Nc2ccc(S(=O)[O-])cc2)C(=O)O1. The third-order valence-electron chi connectivity index (χ3n) is 2.60. The van der Waals surface area contributed by atoms with E-state index in [0.29, 0.717) is 5.69 Å². The summed E-state index contributed by atoms with van der Waals surface area (Å²) in [6.45, 7) is 2.91. The molecule has 1 saturated heterocycles. The Morgan fingerprint density at radius 1 is 1.19 bits per heavy atom. The van der Waals surface area contributed by atoms with Gasteiger partial charge in [-0.2, -0.15) is 0 Å². The molecule has 112 valence electrons. The molecule has 8 heteroatoms. The fourth-order valence-electron chi connectivity index (χ4n) is 1.65. The number of rotatable bonds is 3. The van der Waals surface area contributed by atoms with E-state index in [1.807, 2.05) is 0 Å². The summed E-state index contributed by atoms with van der Waals surface area (Å²) in [6, 6.07) is 5.61. The van der Waals surface area contributed by atoms with Gasteiger partial charge in [-0.25, -0.2) is 0 Å². The number of ether oxygens (including phenoxy) is 2. The van der Waals surface area contributed by atoms with Crippen LogP contribution >= 0.6 is 0 Å². The number of aliphatic imine (C=N–C) groups is 1. The van der Waals surface area contributed by atoms with Crippen LogP contribution in [0, 0.1) is 5.92 Å². The molecule has 1 aromatic rings. The molecule has 1 heterocycles. The van der Waals surface area contributed by atoms with Crippen LogP contribution in [-0.4, -0.2) is 32.7 Å². The topological polar surface area (TPSA) is 105 Å². The van der Waals surface area contributed by atoms with E-state index < -0.39 is 34.7 Å². The Balaban J connectivity index is 2.12. The number of benzene rings is 1. The van der Waals surface area contributed by atoms with Gasteiger partial charge in [0.15, 0.2) is 5.92 Å². The van der Waals surface area contributed by atoms with Crippen molar-refractivity contribution in [2.24, 2.45) is 10.9 Å². The molecule has 0 radical (unpaired) electrons. The molecule has 0 spiro atoms. The van der Waals surface area contributed by atoms with Gasteiger partial charge in [-0.3, -0.25) is 18.8 Å². The van der Waals surface area contributed by atoms with Crippen molar-refractivity contribution in [3.63, 3.8) is 0 Å². The molecule has 21 heavy (non-hydrogen) atoms. The monoisotopic (exact) mass is 310 g/mol. The standard InChI is InChI=1S/C13H13NO6S/c1-13(2)19-11(15)10(12(16)20-13)7-14-8-3-5-9(6-4-8)21(17)18/h3-7,10H,1-2H3,(H,17,18)/p-1. The van der Waals surface area contributed by atoms with Crippen LogP contribution in [0.5, 0.6) is 0 Å². The predicted octanol–water partition coefficient (Wildman–Crippen LogP) is 1.08. The van der Waals surface area contributed by atoms with Gasteiger partial charge in [-0.05, 0) is 35.3 Å². The van der Waals surface area contributed by atoms with Gasteiger partial charge >= 0.3 is 11.9 Å². The summed E-state index contributed by atoms with van der Waals surface area (Å²) in [5.41, 5.74) is 0.398. The second-order valence-corrected chi connectivity index (χ2v) is 5.67. The molecule has 1 aliphatic rings. The molecule has 0 saturated carbocycles. The van der Waals surface area contributed by atoms with Crippen LogP contribution in [0.4, 0.5) is 5.69 Å². The van der Waals surface area contributed by atoms with Crippen molar-refractivity contribution in [2.45, 2.75) is 24.5 Å². The Morgan fingerprint density at radius 3 is 2.19 bits per heavy atom. The second kappa shape index (κ2) is 5.74. The van der Waals surface area contributed by atoms with Gasteiger partial charge in [-0.15, -0.1) is 0 Å². The first-order valence-electron chi connectivity index (χ1n) is 5.98. The summed E-state index contributed by atoms with van der Waals surface area (Å²) in [4.78, 5) is 27.4. The maximum absolute atomic E-state index is 11.7. The first-order valence-corrected chi connectivity index (χ1v) is 7.05. The lowest BCUT2D eigenvalue weighted by molar-refractivity contribution is -0.235. The third kappa shape index (κ3) is 3.73. The van der Waals surface area contributed by atoms with Crippen LogP contribution < -0.4 is 0 Å². The smallest absolute Gasteiger partial charge is 0.329 e. The highest BCUT2D eigenvalue weighted by Gasteiger charge is 2.42. The largest absolute Gasteiger partial charge is 0.768 e. The summed E-state index contributed by atoms with van der Waals surface area (Å²) in [5, 5.41) is 0. The van der Waals surface area contributed by atoms with E-state index in [1.54, 1.807) is 0 Å². The fraction of sp³-hybridized carbons (Fsp3) is 0.308. The highest BCUT2D eigenvalue weighted by molar-refractivity contribution is 7.79. The number of nitrogens with zero attached hydrogens (tertiary/aromatic N) is 1. The van der Waals surface area contributed by atoms with Gasteiger partial charge < -0.3 is 14.0 Å². The lowest BCUT2D eigenvalue weighted by Gasteiger charge is -2.31. The van der Waals surface area contributed by atoms with Crippen LogP contribution in [0.1, 0.15) is 13.8 Å². The number of carbonyl (C=O) groups excluding carboxylic acids is 2. The van der Waals surface area contributed by atoms with E-state index in [2.05, 4.69) is 4.99 Å². The van der Waals surface area contributed by atoms with Crippen molar-refractivity contribution in [3.8, 4) is 0 Å². The van der Waals surface area contributed by atoms with Gasteiger partial charge in [-0.1, -0.05) is 0 Å². The summed E-state index contributed by atoms with van der Waals surface area (Å²) in [6.07, 6.45) is 1.11. The van der Waals surface area contributed by atoms with Gasteiger partial charge in [0.2, 0.25) is 0 Å². The average molecular weight is 310 g/mol. The van der Waals surface area contributed by atoms with Crippen LogP contribution in [0.25, 0.3) is 0 Å². The van der Waals surface area contributed by atoms with Crippen molar-refractivity contribution < 1.29 is 27.8 Å². The predicted molar refractivity (Wildman–Crippen MR) is 71.5 cm³/mol. The maximum Gasteiger partial charge on any atom is 0.329 e. The van der Waals surface area contributed by atoms with E-state index in [9.17, 15) is 18.4 Å². The quantitative estimate of drug-likeness (QED) is 0.358. The summed E-state index contributed by atoms with van der Waals surface area (Å²) in [7, 11) is 0. The minimum atomic E-state index is -2.32. The molecular formula is C13H12NO6S-. The molecule has 0 aromatic heterocycles. The summed E-state index contributed by atoms with van der Waals surface area (Å²) in [5.74, 6) is -3.99. The number of hydrogen-bond acceptors (Lipinski definition) is 7. The zero-order valence-corrected chi connectivity index (χ0v) is 12.1. The summed E-state index contributed by atoms with van der Waals surface area (Å²) >= 11 is -2.32. The molecule has 0 N–H and O–H groups in total. The Kier molecular flexibility index (Phi) is 4.19. The molecule has 0 amide bonds. The van der Waals surface area contributed by atoms with Gasteiger partial charge in [0.1, 0.15) is 0 Å². The van der Waals surface area contributed by atoms with Crippen molar-refractivity contribution in [1.29, 1.82) is 0 Å². The molecule has 1 aromatic carbocycles. The minimum absolute atomic E-state index is 0.118. The molecule has 1 fully saturated rings. The second-order valence-electron chi connectivity index (χ2n) is 4.73.